The highest BCUT2D eigenvalue weighted by Crippen LogP contribution is 2.62. The molecule has 1 aliphatic rings. The van der Waals surface area contributed by atoms with E-state index >= 15 is 0 Å². The Morgan fingerprint density at radius 2 is 1.90 bits per heavy atom. The molecule has 0 radical (unpaired) electrons. The number of benzene rings is 1. The third-order valence-electron chi connectivity index (χ3n) is 4.99. The van der Waals surface area contributed by atoms with Gasteiger partial charge in [-0.3, -0.25) is 0 Å². The van der Waals surface area contributed by atoms with E-state index in [4.69, 9.17) is 4.74 Å². The first kappa shape index (κ1) is 15.5. The summed E-state index contributed by atoms with van der Waals surface area (Å²) in [5.41, 5.74) is 2.36. The smallest absolute Gasteiger partial charge is 0.337 e. The first-order valence-electron chi connectivity index (χ1n) is 6.82. The molecule has 2 rings (SSSR count). The summed E-state index contributed by atoms with van der Waals surface area (Å²) in [4.78, 5) is 11.5. The van der Waals surface area contributed by atoms with Crippen molar-refractivity contribution in [2.75, 3.05) is 7.11 Å². The van der Waals surface area contributed by atoms with Crippen LogP contribution in [0.1, 0.15) is 43.6 Å². The van der Waals surface area contributed by atoms with Gasteiger partial charge in [0.05, 0.1) is 12.7 Å². The summed E-state index contributed by atoms with van der Waals surface area (Å²) in [5.74, 6) is -0.310. The lowest BCUT2D eigenvalue weighted by molar-refractivity contribution is 0.0600. The monoisotopic (exact) mass is 339 g/mol. The van der Waals surface area contributed by atoms with E-state index in [1.165, 1.54) is 7.11 Å². The van der Waals surface area contributed by atoms with E-state index in [2.05, 4.69) is 48.9 Å². The van der Waals surface area contributed by atoms with Crippen molar-refractivity contribution in [3.63, 3.8) is 0 Å². The molecule has 1 aliphatic carbocycles. The van der Waals surface area contributed by atoms with Crippen molar-refractivity contribution in [2.45, 2.75) is 40.3 Å². The highest BCUT2D eigenvalue weighted by molar-refractivity contribution is 9.10. The first-order valence-corrected chi connectivity index (χ1v) is 7.61. The minimum Gasteiger partial charge on any atom is -0.465 e. The summed E-state index contributed by atoms with van der Waals surface area (Å²) >= 11 is 3.52. The molecule has 0 aliphatic heterocycles. The van der Waals surface area contributed by atoms with Crippen LogP contribution in [0, 0.1) is 10.8 Å². The van der Waals surface area contributed by atoms with E-state index in [1.54, 1.807) is 6.07 Å². The Balaban J connectivity index is 2.03. The molecule has 110 valence electrons. The van der Waals surface area contributed by atoms with Gasteiger partial charge in [0.25, 0.3) is 0 Å². The molecule has 0 bridgehead atoms. The van der Waals surface area contributed by atoms with Crippen molar-refractivity contribution in [1.29, 1.82) is 0 Å². The van der Waals surface area contributed by atoms with E-state index in [9.17, 15) is 4.79 Å². The maximum absolute atomic E-state index is 11.5. The molecular formula is C16H22BrNO2. The lowest BCUT2D eigenvalue weighted by atomic mass is 10.0. The number of carbonyl (C=O) groups is 1. The third-order valence-corrected chi connectivity index (χ3v) is 5.73. The van der Waals surface area contributed by atoms with Crippen LogP contribution in [-0.4, -0.2) is 19.1 Å². The molecule has 0 aromatic heterocycles. The van der Waals surface area contributed by atoms with Gasteiger partial charge in [0.15, 0.2) is 0 Å². The van der Waals surface area contributed by atoms with Gasteiger partial charge in [-0.2, -0.15) is 0 Å². The van der Waals surface area contributed by atoms with Crippen LogP contribution in [0.15, 0.2) is 22.7 Å². The van der Waals surface area contributed by atoms with Gasteiger partial charge in [-0.15, -0.1) is 0 Å². The maximum atomic E-state index is 11.5. The van der Waals surface area contributed by atoms with Crippen LogP contribution in [0.5, 0.6) is 0 Å². The summed E-state index contributed by atoms with van der Waals surface area (Å²) in [6, 6.07) is 6.09. The van der Waals surface area contributed by atoms with Crippen LogP contribution in [0.25, 0.3) is 0 Å². The Morgan fingerprint density at radius 1 is 1.30 bits per heavy atom. The minimum atomic E-state index is -0.310. The van der Waals surface area contributed by atoms with Crippen molar-refractivity contribution >= 4 is 21.9 Å². The predicted molar refractivity (Wildman–Crippen MR) is 83.7 cm³/mol. The van der Waals surface area contributed by atoms with Gasteiger partial charge in [0.1, 0.15) is 0 Å². The Kier molecular flexibility index (Phi) is 4.00. The number of methoxy groups -OCH3 is 1. The topological polar surface area (TPSA) is 38.3 Å². The fourth-order valence-electron chi connectivity index (χ4n) is 2.85. The molecule has 3 nitrogen and oxygen atoms in total. The number of halogens is 1. The van der Waals surface area contributed by atoms with E-state index in [-0.39, 0.29) is 5.97 Å². The molecule has 0 heterocycles. The molecule has 1 fully saturated rings. The number of esters is 1. The second kappa shape index (κ2) is 5.15. The van der Waals surface area contributed by atoms with Gasteiger partial charge in [-0.1, -0.05) is 49.7 Å². The van der Waals surface area contributed by atoms with Crippen molar-refractivity contribution in [1.82, 2.24) is 5.32 Å². The largest absolute Gasteiger partial charge is 0.465 e. The van der Waals surface area contributed by atoms with Gasteiger partial charge in [0.2, 0.25) is 0 Å². The lowest BCUT2D eigenvalue weighted by Gasteiger charge is -2.09. The van der Waals surface area contributed by atoms with Crippen LogP contribution in [0.3, 0.4) is 0 Å². The van der Waals surface area contributed by atoms with Crippen LogP contribution in [0.4, 0.5) is 0 Å². The molecule has 1 saturated carbocycles. The average Bonchev–Trinajstić information content (AvgIpc) is 2.77. The van der Waals surface area contributed by atoms with Crippen molar-refractivity contribution in [3.05, 3.63) is 33.8 Å². The van der Waals surface area contributed by atoms with Crippen molar-refractivity contribution in [3.8, 4) is 0 Å². The van der Waals surface area contributed by atoms with Gasteiger partial charge >= 0.3 is 5.97 Å². The summed E-state index contributed by atoms with van der Waals surface area (Å²) in [6.07, 6.45) is 0. The second-order valence-corrected chi connectivity index (χ2v) is 7.41. The van der Waals surface area contributed by atoms with E-state index in [1.807, 2.05) is 12.1 Å². The Hall–Kier alpha value is -0.870. The zero-order valence-corrected chi connectivity index (χ0v) is 14.3. The van der Waals surface area contributed by atoms with Crippen LogP contribution in [0.2, 0.25) is 0 Å². The third kappa shape index (κ3) is 2.51. The first-order chi connectivity index (χ1) is 9.21. The fourth-order valence-corrected chi connectivity index (χ4v) is 3.37. The molecule has 1 N–H and O–H groups in total. The van der Waals surface area contributed by atoms with Gasteiger partial charge in [-0.05, 0) is 28.5 Å². The SMILES string of the molecule is COC(=O)c1ccc(CNC2C(C)(C)C2(C)C)c(Br)c1. The number of hydrogen-bond acceptors (Lipinski definition) is 3. The second-order valence-electron chi connectivity index (χ2n) is 6.56. The molecule has 0 spiro atoms. The molecule has 20 heavy (non-hydrogen) atoms. The highest BCUT2D eigenvalue weighted by atomic mass is 79.9. The Bertz CT molecular complexity index is 523. The molecule has 0 saturated heterocycles. The summed E-state index contributed by atoms with van der Waals surface area (Å²) < 4.78 is 5.65. The van der Waals surface area contributed by atoms with Crippen LogP contribution < -0.4 is 5.32 Å². The predicted octanol–water partition coefficient (Wildman–Crippen LogP) is 3.76. The molecule has 0 atom stereocenters. The fraction of sp³-hybridized carbons (Fsp3) is 0.562. The van der Waals surface area contributed by atoms with Crippen molar-refractivity contribution in [2.24, 2.45) is 10.8 Å². The number of rotatable bonds is 4. The van der Waals surface area contributed by atoms with Crippen molar-refractivity contribution < 1.29 is 9.53 Å². The molecule has 1 aromatic rings. The number of ether oxygens (including phenoxy) is 1. The quantitative estimate of drug-likeness (QED) is 0.848. The summed E-state index contributed by atoms with van der Waals surface area (Å²) in [7, 11) is 1.39. The number of hydrogen-bond donors (Lipinski definition) is 1. The maximum Gasteiger partial charge on any atom is 0.337 e. The van der Waals surface area contributed by atoms with Gasteiger partial charge in [0, 0.05) is 17.1 Å². The minimum absolute atomic E-state index is 0.310. The normalized spacial score (nSPS) is 19.7. The summed E-state index contributed by atoms with van der Waals surface area (Å²) in [5, 5.41) is 3.61. The average molecular weight is 340 g/mol. The molecule has 0 amide bonds. The zero-order chi connectivity index (χ0) is 15.1. The van der Waals surface area contributed by atoms with Crippen LogP contribution >= 0.6 is 15.9 Å². The number of carbonyl (C=O) groups excluding carboxylic acids is 1. The Morgan fingerprint density at radius 3 is 2.35 bits per heavy atom. The Labute approximate surface area is 129 Å². The molecular weight excluding hydrogens is 318 g/mol. The number of nitrogens with one attached hydrogen (secondary N) is 1. The molecule has 4 heteroatoms. The standard InChI is InChI=1S/C16H22BrNO2/c1-15(2)14(16(15,3)4)18-9-11-7-6-10(8-12(11)17)13(19)20-5/h6-8,14,18H,9H2,1-5H3. The molecule has 0 unspecified atom stereocenters. The van der Waals surface area contributed by atoms with E-state index in [0.717, 1.165) is 16.6 Å². The molecule has 1 aromatic carbocycles. The van der Waals surface area contributed by atoms with Gasteiger partial charge in [-0.25, -0.2) is 4.79 Å². The van der Waals surface area contributed by atoms with Crippen LogP contribution in [-0.2, 0) is 11.3 Å². The van der Waals surface area contributed by atoms with E-state index in [0.29, 0.717) is 22.4 Å². The van der Waals surface area contributed by atoms with Gasteiger partial charge < -0.3 is 10.1 Å². The lowest BCUT2D eigenvalue weighted by Crippen LogP contribution is -2.22. The van der Waals surface area contributed by atoms with E-state index < -0.39 is 0 Å². The highest BCUT2D eigenvalue weighted by Gasteiger charge is 2.64. The zero-order valence-electron chi connectivity index (χ0n) is 12.7. The summed E-state index contributed by atoms with van der Waals surface area (Å²) in [6.45, 7) is 9.96.